The topological polar surface area (TPSA) is 97.5 Å². The van der Waals surface area contributed by atoms with E-state index in [0.29, 0.717) is 5.92 Å². The van der Waals surface area contributed by atoms with Crippen LogP contribution in [0.2, 0.25) is 0 Å². The first kappa shape index (κ1) is 16.9. The lowest BCUT2D eigenvalue weighted by molar-refractivity contribution is 0.0329. The average molecular weight is 311 g/mol. The maximum Gasteiger partial charge on any atom is 0.293 e. The third-order valence-corrected chi connectivity index (χ3v) is 4.08. The molecular formula is C15H25N3O4. The van der Waals surface area contributed by atoms with E-state index in [0.717, 1.165) is 19.3 Å². The van der Waals surface area contributed by atoms with Gasteiger partial charge in [0.05, 0.1) is 12.1 Å². The van der Waals surface area contributed by atoms with Crippen molar-refractivity contribution < 1.29 is 19.2 Å². The van der Waals surface area contributed by atoms with Gasteiger partial charge in [-0.2, -0.15) is 4.98 Å². The standard InChI is InChI=1S/C15H25N3O4/c1-10-5-14(2,3)8-15(6-10,9-19)17-13(20)12-16-11(7-21-4)22-18-12/h10,19H,5-9H2,1-4H3,(H,17,20). The molecule has 0 saturated heterocycles. The molecule has 1 aliphatic rings. The number of carbonyl (C=O) groups is 1. The van der Waals surface area contributed by atoms with E-state index in [2.05, 4.69) is 36.2 Å². The first-order chi connectivity index (χ1) is 10.3. The van der Waals surface area contributed by atoms with Crippen molar-refractivity contribution in [3.63, 3.8) is 0 Å². The number of aromatic nitrogens is 2. The monoisotopic (exact) mass is 311 g/mol. The van der Waals surface area contributed by atoms with Crippen LogP contribution in [0.4, 0.5) is 0 Å². The summed E-state index contributed by atoms with van der Waals surface area (Å²) in [5.41, 5.74) is -0.577. The molecule has 2 atom stereocenters. The molecule has 1 amide bonds. The minimum atomic E-state index is -0.639. The zero-order chi connectivity index (χ0) is 16.4. The van der Waals surface area contributed by atoms with Gasteiger partial charge in [-0.3, -0.25) is 4.79 Å². The Morgan fingerprint density at radius 1 is 1.50 bits per heavy atom. The van der Waals surface area contributed by atoms with Crippen molar-refractivity contribution in [3.05, 3.63) is 11.7 Å². The van der Waals surface area contributed by atoms with E-state index >= 15 is 0 Å². The number of rotatable bonds is 5. The zero-order valence-electron chi connectivity index (χ0n) is 13.7. The molecule has 0 aromatic carbocycles. The first-order valence-electron chi connectivity index (χ1n) is 7.54. The van der Waals surface area contributed by atoms with Crippen molar-refractivity contribution in [2.75, 3.05) is 13.7 Å². The highest BCUT2D eigenvalue weighted by Crippen LogP contribution is 2.43. The Labute approximate surface area is 130 Å². The maximum atomic E-state index is 12.4. The van der Waals surface area contributed by atoms with Gasteiger partial charge in [0.1, 0.15) is 6.61 Å². The summed E-state index contributed by atoms with van der Waals surface area (Å²) in [6, 6.07) is 0. The molecule has 2 rings (SSSR count). The number of aliphatic hydroxyl groups excluding tert-OH is 1. The van der Waals surface area contributed by atoms with Crippen LogP contribution in [-0.4, -0.2) is 40.4 Å². The number of hydrogen-bond donors (Lipinski definition) is 2. The molecule has 1 heterocycles. The molecule has 7 nitrogen and oxygen atoms in total. The fourth-order valence-corrected chi connectivity index (χ4v) is 3.82. The van der Waals surface area contributed by atoms with E-state index in [1.807, 2.05) is 0 Å². The van der Waals surface area contributed by atoms with E-state index in [-0.39, 0.29) is 30.3 Å². The number of nitrogens with zero attached hydrogens (tertiary/aromatic N) is 2. The van der Waals surface area contributed by atoms with Crippen LogP contribution < -0.4 is 5.32 Å². The molecule has 124 valence electrons. The number of amides is 1. The molecule has 0 radical (unpaired) electrons. The predicted octanol–water partition coefficient (Wildman–Crippen LogP) is 1.52. The molecule has 1 aliphatic carbocycles. The Morgan fingerprint density at radius 2 is 2.23 bits per heavy atom. The van der Waals surface area contributed by atoms with Gasteiger partial charge < -0.3 is 19.7 Å². The molecule has 0 spiro atoms. The predicted molar refractivity (Wildman–Crippen MR) is 79.1 cm³/mol. The van der Waals surface area contributed by atoms with Gasteiger partial charge >= 0.3 is 0 Å². The number of hydrogen-bond acceptors (Lipinski definition) is 6. The van der Waals surface area contributed by atoms with Gasteiger partial charge in [0.25, 0.3) is 17.6 Å². The molecule has 0 bridgehead atoms. The van der Waals surface area contributed by atoms with Crippen LogP contribution in [0.25, 0.3) is 0 Å². The molecule has 2 unspecified atom stereocenters. The summed E-state index contributed by atoms with van der Waals surface area (Å²) in [6.45, 7) is 6.52. The van der Waals surface area contributed by atoms with Crippen LogP contribution in [0.5, 0.6) is 0 Å². The number of aliphatic hydroxyl groups is 1. The molecule has 2 N–H and O–H groups in total. The third kappa shape index (κ3) is 3.84. The van der Waals surface area contributed by atoms with Crippen molar-refractivity contribution in [1.29, 1.82) is 0 Å². The van der Waals surface area contributed by atoms with E-state index in [4.69, 9.17) is 9.26 Å². The summed E-state index contributed by atoms with van der Waals surface area (Å²) >= 11 is 0. The normalized spacial score (nSPS) is 27.6. The van der Waals surface area contributed by atoms with Gasteiger partial charge in [0, 0.05) is 7.11 Å². The number of carbonyl (C=O) groups excluding carboxylic acids is 1. The van der Waals surface area contributed by atoms with Crippen LogP contribution in [0.1, 0.15) is 56.5 Å². The SMILES string of the molecule is COCc1nc(C(=O)NC2(CO)CC(C)CC(C)(C)C2)no1. The summed E-state index contributed by atoms with van der Waals surface area (Å²) in [7, 11) is 1.51. The van der Waals surface area contributed by atoms with Gasteiger partial charge in [0.15, 0.2) is 0 Å². The van der Waals surface area contributed by atoms with Crippen LogP contribution >= 0.6 is 0 Å². The van der Waals surface area contributed by atoms with Gasteiger partial charge in [-0.15, -0.1) is 0 Å². The summed E-state index contributed by atoms with van der Waals surface area (Å²) < 4.78 is 9.82. The molecule has 7 heteroatoms. The number of methoxy groups -OCH3 is 1. The van der Waals surface area contributed by atoms with Gasteiger partial charge in [-0.1, -0.05) is 25.9 Å². The Balaban J connectivity index is 2.12. The second-order valence-electron chi connectivity index (χ2n) is 7.19. The lowest BCUT2D eigenvalue weighted by atomic mass is 9.64. The zero-order valence-corrected chi connectivity index (χ0v) is 13.7. The third-order valence-electron chi connectivity index (χ3n) is 4.08. The molecule has 1 saturated carbocycles. The van der Waals surface area contributed by atoms with Crippen LogP contribution in [0.15, 0.2) is 4.52 Å². The second kappa shape index (κ2) is 6.34. The number of nitrogens with one attached hydrogen (secondary N) is 1. The highest BCUT2D eigenvalue weighted by atomic mass is 16.5. The van der Waals surface area contributed by atoms with Crippen molar-refractivity contribution in [2.24, 2.45) is 11.3 Å². The number of ether oxygens (including phenoxy) is 1. The summed E-state index contributed by atoms with van der Waals surface area (Å²) in [5.74, 6) is 0.217. The smallest absolute Gasteiger partial charge is 0.293 e. The highest BCUT2D eigenvalue weighted by molar-refractivity contribution is 5.90. The fraction of sp³-hybridized carbons (Fsp3) is 0.800. The Hall–Kier alpha value is -1.47. The first-order valence-corrected chi connectivity index (χ1v) is 7.54. The van der Waals surface area contributed by atoms with E-state index in [9.17, 15) is 9.90 Å². The Bertz CT molecular complexity index is 529. The molecule has 1 aromatic rings. The summed E-state index contributed by atoms with van der Waals surface area (Å²) in [4.78, 5) is 16.4. The van der Waals surface area contributed by atoms with Crippen molar-refractivity contribution in [2.45, 2.75) is 52.2 Å². The van der Waals surface area contributed by atoms with E-state index in [1.165, 1.54) is 7.11 Å². The van der Waals surface area contributed by atoms with Crippen molar-refractivity contribution in [1.82, 2.24) is 15.5 Å². The van der Waals surface area contributed by atoms with Gasteiger partial charge in [-0.25, -0.2) is 0 Å². The maximum absolute atomic E-state index is 12.4. The van der Waals surface area contributed by atoms with Crippen molar-refractivity contribution in [3.8, 4) is 0 Å². The van der Waals surface area contributed by atoms with E-state index in [1.54, 1.807) is 0 Å². The second-order valence-corrected chi connectivity index (χ2v) is 7.19. The lowest BCUT2D eigenvalue weighted by Crippen LogP contribution is -2.57. The van der Waals surface area contributed by atoms with Crippen molar-refractivity contribution >= 4 is 5.91 Å². The molecule has 0 aliphatic heterocycles. The largest absolute Gasteiger partial charge is 0.394 e. The van der Waals surface area contributed by atoms with E-state index < -0.39 is 11.4 Å². The average Bonchev–Trinajstić information content (AvgIpc) is 2.85. The molecular weight excluding hydrogens is 286 g/mol. The minimum Gasteiger partial charge on any atom is -0.394 e. The minimum absolute atomic E-state index is 0.0316. The molecule has 22 heavy (non-hydrogen) atoms. The summed E-state index contributed by atoms with van der Waals surface area (Å²) in [5, 5.41) is 16.5. The Kier molecular flexibility index (Phi) is 4.87. The van der Waals surface area contributed by atoms with Gasteiger partial charge in [0.2, 0.25) is 0 Å². The van der Waals surface area contributed by atoms with Crippen LogP contribution in [-0.2, 0) is 11.3 Å². The van der Waals surface area contributed by atoms with Crippen LogP contribution in [0.3, 0.4) is 0 Å². The Morgan fingerprint density at radius 3 is 2.82 bits per heavy atom. The fourth-order valence-electron chi connectivity index (χ4n) is 3.82. The lowest BCUT2D eigenvalue weighted by Gasteiger charge is -2.47. The van der Waals surface area contributed by atoms with Crippen LogP contribution in [0, 0.1) is 11.3 Å². The van der Waals surface area contributed by atoms with Gasteiger partial charge in [-0.05, 0) is 30.6 Å². The summed E-state index contributed by atoms with van der Waals surface area (Å²) in [6.07, 6.45) is 2.53. The molecule has 1 fully saturated rings. The quantitative estimate of drug-likeness (QED) is 0.855. The molecule has 1 aromatic heterocycles. The highest BCUT2D eigenvalue weighted by Gasteiger charge is 2.44.